The van der Waals surface area contributed by atoms with E-state index in [0.717, 1.165) is 48.0 Å². The Morgan fingerprint density at radius 2 is 1.76 bits per heavy atom. The summed E-state index contributed by atoms with van der Waals surface area (Å²) in [5.74, 6) is 0.372. The van der Waals surface area contributed by atoms with Gasteiger partial charge in [-0.1, -0.05) is 25.0 Å². The summed E-state index contributed by atoms with van der Waals surface area (Å²) >= 11 is 1.73. The van der Waals surface area contributed by atoms with Crippen LogP contribution in [-0.4, -0.2) is 24.0 Å². The van der Waals surface area contributed by atoms with Gasteiger partial charge in [-0.2, -0.15) is 0 Å². The normalized spacial score (nSPS) is 18.5. The van der Waals surface area contributed by atoms with Crippen LogP contribution in [0, 0.1) is 5.92 Å². The van der Waals surface area contributed by atoms with Gasteiger partial charge >= 0.3 is 0 Å². The third kappa shape index (κ3) is 3.87. The molecule has 0 spiro atoms. The standard InChI is InChI=1S/C20H25N3OS/c24-19(16-6-2-3-7-16)21-17-10-8-15(9-11-17)18-14-25-20(22-18)23-12-4-1-5-13-23/h8-11,14,16H,1-7,12-13H2,(H,21,24). The second kappa shape index (κ2) is 7.56. The molecule has 2 aliphatic rings. The summed E-state index contributed by atoms with van der Waals surface area (Å²) in [6, 6.07) is 8.09. The molecule has 1 aromatic heterocycles. The van der Waals surface area contributed by atoms with Gasteiger partial charge < -0.3 is 10.2 Å². The van der Waals surface area contributed by atoms with Crippen LogP contribution in [0.2, 0.25) is 0 Å². The zero-order valence-corrected chi connectivity index (χ0v) is 15.4. The fourth-order valence-electron chi connectivity index (χ4n) is 3.78. The molecule has 0 radical (unpaired) electrons. The van der Waals surface area contributed by atoms with Crippen molar-refractivity contribution in [2.24, 2.45) is 5.92 Å². The first kappa shape index (κ1) is 16.6. The van der Waals surface area contributed by atoms with Crippen molar-refractivity contribution in [3.8, 4) is 11.3 Å². The van der Waals surface area contributed by atoms with E-state index in [9.17, 15) is 4.79 Å². The highest BCUT2D eigenvalue weighted by atomic mass is 32.1. The first-order valence-corrected chi connectivity index (χ1v) is 10.3. The van der Waals surface area contributed by atoms with Gasteiger partial charge in [0.1, 0.15) is 0 Å². The number of carbonyl (C=O) groups excluding carboxylic acids is 1. The molecule has 2 heterocycles. The topological polar surface area (TPSA) is 45.2 Å². The van der Waals surface area contributed by atoms with Crippen molar-refractivity contribution in [3.05, 3.63) is 29.6 Å². The fourth-order valence-corrected chi connectivity index (χ4v) is 4.67. The molecule has 1 saturated carbocycles. The minimum absolute atomic E-state index is 0.172. The van der Waals surface area contributed by atoms with Crippen LogP contribution >= 0.6 is 11.3 Å². The molecule has 4 nitrogen and oxygen atoms in total. The minimum Gasteiger partial charge on any atom is -0.348 e. The predicted octanol–water partition coefficient (Wildman–Crippen LogP) is 4.93. The number of piperidine rings is 1. The largest absolute Gasteiger partial charge is 0.348 e. The molecular weight excluding hydrogens is 330 g/mol. The maximum absolute atomic E-state index is 12.2. The molecule has 1 aliphatic carbocycles. The van der Waals surface area contributed by atoms with Crippen LogP contribution in [0.5, 0.6) is 0 Å². The Balaban J connectivity index is 1.41. The summed E-state index contributed by atoms with van der Waals surface area (Å²) in [6.07, 6.45) is 8.29. The van der Waals surface area contributed by atoms with Crippen molar-refractivity contribution in [2.45, 2.75) is 44.9 Å². The number of amides is 1. The number of nitrogens with zero attached hydrogens (tertiary/aromatic N) is 2. The van der Waals surface area contributed by atoms with Crippen molar-refractivity contribution in [1.82, 2.24) is 4.98 Å². The van der Waals surface area contributed by atoms with Crippen molar-refractivity contribution in [2.75, 3.05) is 23.3 Å². The first-order valence-electron chi connectivity index (χ1n) is 9.41. The molecule has 0 bridgehead atoms. The van der Waals surface area contributed by atoms with E-state index in [0.29, 0.717) is 0 Å². The Morgan fingerprint density at radius 1 is 1.04 bits per heavy atom. The lowest BCUT2D eigenvalue weighted by Gasteiger charge is -2.25. The average molecular weight is 356 g/mol. The summed E-state index contributed by atoms with van der Waals surface area (Å²) in [7, 11) is 0. The molecule has 0 unspecified atom stereocenters. The Hall–Kier alpha value is -1.88. The lowest BCUT2D eigenvalue weighted by molar-refractivity contribution is -0.119. The molecular formula is C20H25N3OS. The van der Waals surface area contributed by atoms with Gasteiger partial charge in [0.25, 0.3) is 0 Å². The summed E-state index contributed by atoms with van der Waals surface area (Å²) in [6.45, 7) is 2.25. The Labute approximate surface area is 153 Å². The zero-order valence-electron chi connectivity index (χ0n) is 14.5. The van der Waals surface area contributed by atoms with Crippen molar-refractivity contribution in [1.29, 1.82) is 0 Å². The Kier molecular flexibility index (Phi) is 5.02. The monoisotopic (exact) mass is 355 g/mol. The smallest absolute Gasteiger partial charge is 0.227 e. The van der Waals surface area contributed by atoms with Crippen LogP contribution < -0.4 is 10.2 Å². The number of hydrogen-bond acceptors (Lipinski definition) is 4. The maximum Gasteiger partial charge on any atom is 0.227 e. The zero-order chi connectivity index (χ0) is 17.1. The third-order valence-corrected chi connectivity index (χ3v) is 6.19. The Morgan fingerprint density at radius 3 is 2.48 bits per heavy atom. The number of nitrogens with one attached hydrogen (secondary N) is 1. The number of benzene rings is 1. The third-order valence-electron chi connectivity index (χ3n) is 5.29. The molecule has 1 aromatic carbocycles. The minimum atomic E-state index is 0.172. The van der Waals surface area contributed by atoms with E-state index in [1.54, 1.807) is 11.3 Å². The fraction of sp³-hybridized carbons (Fsp3) is 0.500. The molecule has 1 aliphatic heterocycles. The predicted molar refractivity (Wildman–Crippen MR) is 104 cm³/mol. The van der Waals surface area contributed by atoms with E-state index in [1.165, 1.54) is 32.1 Å². The number of carbonyl (C=O) groups is 1. The molecule has 4 rings (SSSR count). The molecule has 2 fully saturated rings. The van der Waals surface area contributed by atoms with Gasteiger partial charge in [0.15, 0.2) is 5.13 Å². The van der Waals surface area contributed by atoms with Gasteiger partial charge in [-0.25, -0.2) is 4.98 Å². The van der Waals surface area contributed by atoms with Gasteiger partial charge in [0, 0.05) is 35.6 Å². The molecule has 1 amide bonds. The molecule has 2 aromatic rings. The SMILES string of the molecule is O=C(Nc1ccc(-c2csc(N3CCCCC3)n2)cc1)C1CCCC1. The molecule has 1 saturated heterocycles. The van der Waals surface area contributed by atoms with Gasteiger partial charge in [-0.15, -0.1) is 11.3 Å². The van der Waals surface area contributed by atoms with Crippen molar-refractivity contribution >= 4 is 28.1 Å². The molecule has 1 N–H and O–H groups in total. The van der Waals surface area contributed by atoms with E-state index in [4.69, 9.17) is 4.98 Å². The number of hydrogen-bond donors (Lipinski definition) is 1. The second-order valence-electron chi connectivity index (χ2n) is 7.11. The van der Waals surface area contributed by atoms with E-state index in [2.05, 4.69) is 27.7 Å². The molecule has 132 valence electrons. The highest BCUT2D eigenvalue weighted by molar-refractivity contribution is 7.14. The highest BCUT2D eigenvalue weighted by Gasteiger charge is 2.22. The van der Waals surface area contributed by atoms with E-state index in [-0.39, 0.29) is 11.8 Å². The number of rotatable bonds is 4. The first-order chi connectivity index (χ1) is 12.3. The van der Waals surface area contributed by atoms with Crippen LogP contribution in [0.3, 0.4) is 0 Å². The lowest BCUT2D eigenvalue weighted by Crippen LogP contribution is -2.29. The van der Waals surface area contributed by atoms with Gasteiger partial charge in [-0.05, 0) is 44.2 Å². The molecule has 5 heteroatoms. The highest BCUT2D eigenvalue weighted by Crippen LogP contribution is 2.30. The van der Waals surface area contributed by atoms with Crippen LogP contribution in [0.15, 0.2) is 29.6 Å². The van der Waals surface area contributed by atoms with Gasteiger partial charge in [-0.3, -0.25) is 4.79 Å². The van der Waals surface area contributed by atoms with Gasteiger partial charge in [0.05, 0.1) is 5.69 Å². The van der Waals surface area contributed by atoms with Crippen LogP contribution in [0.25, 0.3) is 11.3 Å². The van der Waals surface area contributed by atoms with E-state index >= 15 is 0 Å². The number of anilines is 2. The Bertz CT molecular complexity index is 713. The number of thiazole rings is 1. The molecule has 0 atom stereocenters. The maximum atomic E-state index is 12.2. The summed E-state index contributed by atoms with van der Waals surface area (Å²) in [4.78, 5) is 19.4. The van der Waals surface area contributed by atoms with Gasteiger partial charge in [0.2, 0.25) is 5.91 Å². The lowest BCUT2D eigenvalue weighted by atomic mass is 10.1. The van der Waals surface area contributed by atoms with Crippen LogP contribution in [-0.2, 0) is 4.79 Å². The second-order valence-corrected chi connectivity index (χ2v) is 7.95. The summed E-state index contributed by atoms with van der Waals surface area (Å²) < 4.78 is 0. The van der Waals surface area contributed by atoms with E-state index in [1.807, 2.05) is 12.1 Å². The van der Waals surface area contributed by atoms with E-state index < -0.39 is 0 Å². The van der Waals surface area contributed by atoms with Crippen LogP contribution in [0.4, 0.5) is 10.8 Å². The van der Waals surface area contributed by atoms with Crippen molar-refractivity contribution in [3.63, 3.8) is 0 Å². The van der Waals surface area contributed by atoms with Crippen LogP contribution in [0.1, 0.15) is 44.9 Å². The summed E-state index contributed by atoms with van der Waals surface area (Å²) in [5, 5.41) is 6.32. The van der Waals surface area contributed by atoms with Crippen molar-refractivity contribution < 1.29 is 4.79 Å². The quantitative estimate of drug-likeness (QED) is 0.846. The number of aromatic nitrogens is 1. The molecule has 25 heavy (non-hydrogen) atoms. The summed E-state index contributed by atoms with van der Waals surface area (Å²) in [5.41, 5.74) is 3.02. The average Bonchev–Trinajstić information content (AvgIpc) is 3.35.